The number of tetrazole rings is 1. The Morgan fingerprint density at radius 1 is 1.30 bits per heavy atom. The van der Waals surface area contributed by atoms with Gasteiger partial charge in [0.1, 0.15) is 11.6 Å². The van der Waals surface area contributed by atoms with Crippen LogP contribution in [0.4, 0.5) is 4.39 Å². The summed E-state index contributed by atoms with van der Waals surface area (Å²) in [5.41, 5.74) is 0.926. The highest BCUT2D eigenvalue weighted by Gasteiger charge is 2.41. The molecule has 0 aliphatic carbocycles. The summed E-state index contributed by atoms with van der Waals surface area (Å²) in [5, 5.41) is 21.4. The zero-order valence-corrected chi connectivity index (χ0v) is 19.2. The van der Waals surface area contributed by atoms with Gasteiger partial charge in [-0.3, -0.25) is 9.48 Å². The molecular weight excluding hydrogens is 425 g/mol. The second-order valence-electron chi connectivity index (χ2n) is 8.68. The average molecular weight is 454 g/mol. The molecule has 2 aromatic heterocycles. The Bertz CT molecular complexity index is 1170. The molecule has 1 amide bonds. The van der Waals surface area contributed by atoms with Crippen molar-refractivity contribution in [2.75, 3.05) is 6.61 Å². The quantitative estimate of drug-likeness (QED) is 0.504. The van der Waals surface area contributed by atoms with Crippen LogP contribution in [-0.2, 0) is 10.3 Å². The van der Waals surface area contributed by atoms with Gasteiger partial charge in [-0.1, -0.05) is 19.4 Å². The molecule has 0 spiro atoms. The van der Waals surface area contributed by atoms with Crippen molar-refractivity contribution in [3.05, 3.63) is 53.4 Å². The lowest BCUT2D eigenvalue weighted by molar-refractivity contribution is -0.117. The van der Waals surface area contributed by atoms with Crippen LogP contribution in [0.1, 0.15) is 70.1 Å². The van der Waals surface area contributed by atoms with Crippen LogP contribution in [0.15, 0.2) is 30.5 Å². The number of amides is 1. The Morgan fingerprint density at radius 2 is 2.12 bits per heavy atom. The van der Waals surface area contributed by atoms with Gasteiger partial charge in [0.25, 0.3) is 5.91 Å². The van der Waals surface area contributed by atoms with Crippen LogP contribution in [0, 0.1) is 5.82 Å². The van der Waals surface area contributed by atoms with E-state index in [0.717, 1.165) is 12.8 Å². The second-order valence-corrected chi connectivity index (χ2v) is 8.68. The van der Waals surface area contributed by atoms with Gasteiger partial charge in [0.2, 0.25) is 0 Å². The van der Waals surface area contributed by atoms with Crippen LogP contribution < -0.4 is 10.1 Å². The molecule has 3 aromatic rings. The van der Waals surface area contributed by atoms with Crippen molar-refractivity contribution in [1.82, 2.24) is 35.7 Å². The Kier molecular flexibility index (Phi) is 6.26. The summed E-state index contributed by atoms with van der Waals surface area (Å²) in [7, 11) is 0. The number of unbranched alkanes of at least 4 members (excludes halogenated alkanes) is 1. The first kappa shape index (κ1) is 22.6. The number of carbonyl (C=O) groups is 1. The van der Waals surface area contributed by atoms with E-state index < -0.39 is 17.3 Å². The molecular formula is C23H28FN7O2. The lowest BCUT2D eigenvalue weighted by atomic mass is 9.79. The average Bonchev–Trinajstić information content (AvgIpc) is 3.46. The molecule has 0 radical (unpaired) electrons. The fourth-order valence-corrected chi connectivity index (χ4v) is 3.99. The standard InChI is InChI=1S/C23H28FN7O2/c1-5-6-11-33-15-7-8-17(18(24)12-15)23(4)13-16(19-9-10-31(28-19)14(2)3)20(22(32)25-23)21-26-29-30-27-21/h7-10,12,14H,5-6,11,13H2,1-4H3,(H,25,32)(H,26,27,29,30)/t23-/m0/s1. The third-order valence-electron chi connectivity index (χ3n) is 5.78. The van der Waals surface area contributed by atoms with Crippen molar-refractivity contribution in [1.29, 1.82) is 0 Å². The number of ether oxygens (including phenoxy) is 1. The highest BCUT2D eigenvalue weighted by molar-refractivity contribution is 6.27. The Morgan fingerprint density at radius 3 is 2.76 bits per heavy atom. The molecule has 0 bridgehead atoms. The maximum absolute atomic E-state index is 15.2. The van der Waals surface area contributed by atoms with Crippen molar-refractivity contribution < 1.29 is 13.9 Å². The van der Waals surface area contributed by atoms with Crippen molar-refractivity contribution in [2.45, 2.75) is 58.5 Å². The molecule has 0 saturated carbocycles. The molecule has 2 N–H and O–H groups in total. The van der Waals surface area contributed by atoms with E-state index >= 15 is 4.39 Å². The number of benzene rings is 1. The van der Waals surface area contributed by atoms with Crippen molar-refractivity contribution in [3.8, 4) is 5.75 Å². The number of nitrogens with one attached hydrogen (secondary N) is 2. The molecule has 174 valence electrons. The second kappa shape index (κ2) is 9.13. The minimum atomic E-state index is -1.00. The lowest BCUT2D eigenvalue weighted by Crippen LogP contribution is -2.48. The summed E-state index contributed by atoms with van der Waals surface area (Å²) >= 11 is 0. The molecule has 0 fully saturated rings. The summed E-state index contributed by atoms with van der Waals surface area (Å²) < 4.78 is 22.7. The van der Waals surface area contributed by atoms with E-state index in [-0.39, 0.29) is 11.9 Å². The lowest BCUT2D eigenvalue weighted by Gasteiger charge is -2.37. The Balaban J connectivity index is 1.74. The first-order valence-corrected chi connectivity index (χ1v) is 11.1. The van der Waals surface area contributed by atoms with Crippen molar-refractivity contribution in [2.24, 2.45) is 0 Å². The minimum absolute atomic E-state index is 0.149. The van der Waals surface area contributed by atoms with Crippen LogP contribution >= 0.6 is 0 Å². The van der Waals surface area contributed by atoms with Crippen LogP contribution in [-0.4, -0.2) is 42.9 Å². The topological polar surface area (TPSA) is 111 Å². The Labute approximate surface area is 191 Å². The van der Waals surface area contributed by atoms with Crippen molar-refractivity contribution >= 4 is 17.1 Å². The van der Waals surface area contributed by atoms with Crippen LogP contribution in [0.5, 0.6) is 5.75 Å². The van der Waals surface area contributed by atoms with E-state index in [1.54, 1.807) is 19.1 Å². The minimum Gasteiger partial charge on any atom is -0.493 e. The van der Waals surface area contributed by atoms with Crippen LogP contribution in [0.25, 0.3) is 11.1 Å². The fraction of sp³-hybridized carbons (Fsp3) is 0.435. The summed E-state index contributed by atoms with van der Waals surface area (Å²) in [5.74, 6) is -0.137. The van der Waals surface area contributed by atoms with E-state index in [0.29, 0.717) is 41.2 Å². The van der Waals surface area contributed by atoms with Crippen LogP contribution in [0.2, 0.25) is 0 Å². The molecule has 33 heavy (non-hydrogen) atoms. The fourth-order valence-electron chi connectivity index (χ4n) is 3.99. The normalized spacial score (nSPS) is 18.7. The van der Waals surface area contributed by atoms with Gasteiger partial charge in [-0.15, -0.1) is 5.10 Å². The molecule has 9 nitrogen and oxygen atoms in total. The molecule has 0 unspecified atom stereocenters. The van der Waals surface area contributed by atoms with E-state index in [9.17, 15) is 4.79 Å². The zero-order valence-electron chi connectivity index (χ0n) is 19.2. The van der Waals surface area contributed by atoms with Crippen LogP contribution in [0.3, 0.4) is 0 Å². The van der Waals surface area contributed by atoms with Gasteiger partial charge in [0, 0.05) is 30.3 Å². The maximum atomic E-state index is 15.2. The number of carbonyl (C=O) groups excluding carboxylic acids is 1. The number of hydrogen-bond acceptors (Lipinski definition) is 6. The van der Waals surface area contributed by atoms with E-state index in [1.165, 1.54) is 6.07 Å². The summed E-state index contributed by atoms with van der Waals surface area (Å²) in [6.07, 6.45) is 4.05. The number of aromatic nitrogens is 6. The predicted molar refractivity (Wildman–Crippen MR) is 121 cm³/mol. The molecule has 1 aliphatic rings. The van der Waals surface area contributed by atoms with Gasteiger partial charge in [-0.2, -0.15) is 5.10 Å². The van der Waals surface area contributed by atoms with Gasteiger partial charge >= 0.3 is 0 Å². The third-order valence-corrected chi connectivity index (χ3v) is 5.78. The number of H-pyrrole nitrogens is 1. The molecule has 4 rings (SSSR count). The molecule has 1 aromatic carbocycles. The number of aromatic amines is 1. The van der Waals surface area contributed by atoms with Gasteiger partial charge in [0.15, 0.2) is 5.82 Å². The SMILES string of the molecule is CCCCOc1ccc([C@]2(C)CC(c3ccn(C(C)C)n3)=C(c3nnn[nH]3)C(=O)N2)c(F)c1. The molecule has 10 heteroatoms. The van der Waals surface area contributed by atoms with E-state index in [2.05, 4.69) is 38.0 Å². The third kappa shape index (κ3) is 4.50. The molecule has 0 saturated heterocycles. The summed E-state index contributed by atoms with van der Waals surface area (Å²) in [6, 6.07) is 6.77. The number of rotatable bonds is 8. The monoisotopic (exact) mass is 453 g/mol. The van der Waals surface area contributed by atoms with E-state index in [1.807, 2.05) is 30.8 Å². The number of hydrogen-bond donors (Lipinski definition) is 2. The van der Waals surface area contributed by atoms with Gasteiger partial charge in [0.05, 0.1) is 23.4 Å². The number of halogens is 1. The van der Waals surface area contributed by atoms with Gasteiger partial charge in [-0.25, -0.2) is 9.49 Å². The highest BCUT2D eigenvalue weighted by atomic mass is 19.1. The molecule has 1 atom stereocenters. The molecule has 1 aliphatic heterocycles. The zero-order chi connectivity index (χ0) is 23.6. The largest absolute Gasteiger partial charge is 0.493 e. The Hall–Kier alpha value is -3.56. The van der Waals surface area contributed by atoms with Crippen molar-refractivity contribution in [3.63, 3.8) is 0 Å². The first-order valence-electron chi connectivity index (χ1n) is 11.1. The smallest absolute Gasteiger partial charge is 0.256 e. The maximum Gasteiger partial charge on any atom is 0.256 e. The summed E-state index contributed by atoms with van der Waals surface area (Å²) in [6.45, 7) is 8.43. The van der Waals surface area contributed by atoms with E-state index in [4.69, 9.17) is 4.74 Å². The number of nitrogens with zero attached hydrogens (tertiary/aromatic N) is 5. The summed E-state index contributed by atoms with van der Waals surface area (Å²) in [4.78, 5) is 13.3. The molecule has 3 heterocycles. The van der Waals surface area contributed by atoms with Gasteiger partial charge in [-0.05, 0) is 55.3 Å². The predicted octanol–water partition coefficient (Wildman–Crippen LogP) is 3.64. The first-order chi connectivity index (χ1) is 15.8. The highest BCUT2D eigenvalue weighted by Crippen LogP contribution is 2.41. The van der Waals surface area contributed by atoms with Gasteiger partial charge < -0.3 is 10.1 Å².